The minimum atomic E-state index is 0. The van der Waals surface area contributed by atoms with Crippen LogP contribution in [0.2, 0.25) is 0 Å². The Hall–Kier alpha value is -1.71. The summed E-state index contributed by atoms with van der Waals surface area (Å²) in [5.41, 5.74) is 1.05. The van der Waals surface area contributed by atoms with E-state index in [0.29, 0.717) is 13.1 Å². The topological polar surface area (TPSA) is 84.0 Å². The molecule has 1 aromatic carbocycles. The number of aliphatic imine (C=N–C) groups is 1. The number of hydrogen-bond acceptors (Lipinski definition) is 4. The highest BCUT2D eigenvalue weighted by Crippen LogP contribution is 2.34. The van der Waals surface area contributed by atoms with E-state index in [1.165, 1.54) is 19.3 Å². The van der Waals surface area contributed by atoms with Crippen molar-refractivity contribution in [2.24, 2.45) is 10.9 Å². The molecular formula is C23H37IN4O3. The SMILES string of the molecule is CN=C(NCCCNC(=O)C1CCC1)NCc1cccc(OC)c1OC1CCCC1.I. The van der Waals surface area contributed by atoms with E-state index in [2.05, 4.69) is 27.0 Å². The number of carbonyl (C=O) groups excluding carboxylic acids is 1. The first-order chi connectivity index (χ1) is 14.7. The molecule has 0 aromatic heterocycles. The molecule has 0 heterocycles. The molecule has 3 N–H and O–H groups in total. The summed E-state index contributed by atoms with van der Waals surface area (Å²) in [6.45, 7) is 2.03. The molecule has 0 spiro atoms. The number of benzene rings is 1. The van der Waals surface area contributed by atoms with Crippen LogP contribution in [0.15, 0.2) is 23.2 Å². The zero-order valence-corrected chi connectivity index (χ0v) is 21.1. The molecule has 2 aliphatic rings. The Morgan fingerprint density at radius 1 is 1.06 bits per heavy atom. The summed E-state index contributed by atoms with van der Waals surface area (Å²) in [6, 6.07) is 5.99. The molecule has 2 fully saturated rings. The number of methoxy groups -OCH3 is 1. The summed E-state index contributed by atoms with van der Waals surface area (Å²) in [4.78, 5) is 16.2. The standard InChI is InChI=1S/C23H36N4O3.HI/c1-24-23(26-15-7-14-25-22(28)17-8-5-9-17)27-16-18-10-6-13-20(29-2)21(18)30-19-11-3-4-12-19;/h6,10,13,17,19H,3-5,7-9,11-12,14-16H2,1-2H3,(H,25,28)(H2,24,26,27);1H. The molecule has 0 radical (unpaired) electrons. The van der Waals surface area contributed by atoms with Gasteiger partial charge in [-0.2, -0.15) is 0 Å². The highest BCUT2D eigenvalue weighted by Gasteiger charge is 2.24. The average Bonchev–Trinajstić information content (AvgIpc) is 3.22. The van der Waals surface area contributed by atoms with Crippen LogP contribution in [0.4, 0.5) is 0 Å². The molecule has 3 rings (SSSR count). The first-order valence-electron chi connectivity index (χ1n) is 11.3. The van der Waals surface area contributed by atoms with Gasteiger partial charge in [-0.05, 0) is 51.0 Å². The monoisotopic (exact) mass is 544 g/mol. The minimum absolute atomic E-state index is 0. The van der Waals surface area contributed by atoms with Crippen LogP contribution < -0.4 is 25.4 Å². The molecule has 1 amide bonds. The summed E-state index contributed by atoms with van der Waals surface area (Å²) < 4.78 is 11.8. The zero-order valence-electron chi connectivity index (χ0n) is 18.7. The summed E-state index contributed by atoms with van der Waals surface area (Å²) in [5, 5.41) is 9.68. The first-order valence-corrected chi connectivity index (χ1v) is 11.3. The van der Waals surface area contributed by atoms with Crippen LogP contribution in [-0.2, 0) is 11.3 Å². The van der Waals surface area contributed by atoms with E-state index in [1.54, 1.807) is 14.2 Å². The highest BCUT2D eigenvalue weighted by molar-refractivity contribution is 14.0. The van der Waals surface area contributed by atoms with Gasteiger partial charge >= 0.3 is 0 Å². The maximum atomic E-state index is 11.9. The van der Waals surface area contributed by atoms with Gasteiger partial charge in [0.05, 0.1) is 13.2 Å². The molecule has 0 atom stereocenters. The predicted octanol–water partition coefficient (Wildman–Crippen LogP) is 3.61. The summed E-state index contributed by atoms with van der Waals surface area (Å²) in [7, 11) is 3.44. The normalized spacial score (nSPS) is 16.8. The Balaban J connectivity index is 0.00000341. The van der Waals surface area contributed by atoms with Crippen molar-refractivity contribution in [1.29, 1.82) is 0 Å². The second-order valence-corrected chi connectivity index (χ2v) is 8.10. The molecule has 7 nitrogen and oxygen atoms in total. The van der Waals surface area contributed by atoms with Crippen molar-refractivity contribution in [3.63, 3.8) is 0 Å². The number of nitrogens with one attached hydrogen (secondary N) is 3. The zero-order chi connectivity index (χ0) is 21.2. The Bertz CT molecular complexity index is 719. The third-order valence-corrected chi connectivity index (χ3v) is 5.96. The van der Waals surface area contributed by atoms with Crippen molar-refractivity contribution in [1.82, 2.24) is 16.0 Å². The van der Waals surface area contributed by atoms with Gasteiger partial charge in [-0.3, -0.25) is 9.79 Å². The number of nitrogens with zero attached hydrogens (tertiary/aromatic N) is 1. The van der Waals surface area contributed by atoms with Crippen LogP contribution in [0.25, 0.3) is 0 Å². The van der Waals surface area contributed by atoms with Gasteiger partial charge in [0.15, 0.2) is 17.5 Å². The quantitative estimate of drug-likeness (QED) is 0.182. The van der Waals surface area contributed by atoms with Crippen LogP contribution in [-0.4, -0.2) is 45.2 Å². The van der Waals surface area contributed by atoms with Crippen molar-refractivity contribution in [3.05, 3.63) is 23.8 Å². The van der Waals surface area contributed by atoms with E-state index >= 15 is 0 Å². The van der Waals surface area contributed by atoms with Crippen molar-refractivity contribution in [2.75, 3.05) is 27.2 Å². The van der Waals surface area contributed by atoms with Crippen molar-refractivity contribution in [2.45, 2.75) is 64.0 Å². The fourth-order valence-electron chi connectivity index (χ4n) is 3.89. The van der Waals surface area contributed by atoms with Crippen LogP contribution >= 0.6 is 24.0 Å². The molecule has 0 bridgehead atoms. The molecular weight excluding hydrogens is 507 g/mol. The van der Waals surface area contributed by atoms with E-state index in [1.807, 2.05) is 12.1 Å². The van der Waals surface area contributed by atoms with E-state index in [0.717, 1.165) is 61.7 Å². The maximum Gasteiger partial charge on any atom is 0.223 e. The van der Waals surface area contributed by atoms with Crippen LogP contribution in [0.1, 0.15) is 56.9 Å². The second-order valence-electron chi connectivity index (χ2n) is 8.10. The van der Waals surface area contributed by atoms with Gasteiger partial charge in [-0.1, -0.05) is 18.6 Å². The highest BCUT2D eigenvalue weighted by atomic mass is 127. The van der Waals surface area contributed by atoms with Crippen LogP contribution in [0.3, 0.4) is 0 Å². The number of para-hydroxylation sites is 1. The summed E-state index contributed by atoms with van der Waals surface area (Å²) >= 11 is 0. The van der Waals surface area contributed by atoms with E-state index in [9.17, 15) is 4.79 Å². The van der Waals surface area contributed by atoms with Gasteiger partial charge in [0, 0.05) is 38.2 Å². The number of ether oxygens (including phenoxy) is 2. The molecule has 31 heavy (non-hydrogen) atoms. The number of halogens is 1. The van der Waals surface area contributed by atoms with Crippen LogP contribution in [0.5, 0.6) is 11.5 Å². The molecule has 1 aromatic rings. The Kier molecular flexibility index (Phi) is 11.2. The average molecular weight is 544 g/mol. The lowest BCUT2D eigenvalue weighted by Crippen LogP contribution is -2.39. The van der Waals surface area contributed by atoms with Crippen molar-refractivity contribution < 1.29 is 14.3 Å². The van der Waals surface area contributed by atoms with E-state index < -0.39 is 0 Å². The molecule has 2 aliphatic carbocycles. The van der Waals surface area contributed by atoms with Gasteiger partial charge in [-0.25, -0.2) is 0 Å². The fraction of sp³-hybridized carbons (Fsp3) is 0.652. The van der Waals surface area contributed by atoms with Gasteiger partial charge in [0.2, 0.25) is 5.91 Å². The number of amides is 1. The van der Waals surface area contributed by atoms with E-state index in [-0.39, 0.29) is 41.9 Å². The summed E-state index contributed by atoms with van der Waals surface area (Å²) in [6.07, 6.45) is 9.05. The smallest absolute Gasteiger partial charge is 0.223 e. The predicted molar refractivity (Wildman–Crippen MR) is 134 cm³/mol. The van der Waals surface area contributed by atoms with Crippen molar-refractivity contribution >= 4 is 35.8 Å². The second kappa shape index (κ2) is 13.6. The molecule has 8 heteroatoms. The van der Waals surface area contributed by atoms with Crippen molar-refractivity contribution in [3.8, 4) is 11.5 Å². The molecule has 2 saturated carbocycles. The Morgan fingerprint density at radius 2 is 1.81 bits per heavy atom. The van der Waals surface area contributed by atoms with Crippen LogP contribution in [0, 0.1) is 5.92 Å². The molecule has 174 valence electrons. The lowest BCUT2D eigenvalue weighted by atomic mass is 9.85. The van der Waals surface area contributed by atoms with E-state index in [4.69, 9.17) is 9.47 Å². The van der Waals surface area contributed by atoms with Gasteiger partial charge in [-0.15, -0.1) is 24.0 Å². The lowest BCUT2D eigenvalue weighted by molar-refractivity contribution is -0.127. The van der Waals surface area contributed by atoms with Gasteiger partial charge < -0.3 is 25.4 Å². The lowest BCUT2D eigenvalue weighted by Gasteiger charge is -2.24. The third-order valence-electron chi connectivity index (χ3n) is 5.96. The Labute approximate surface area is 203 Å². The number of hydrogen-bond donors (Lipinski definition) is 3. The number of rotatable bonds is 10. The first kappa shape index (κ1) is 25.5. The van der Waals surface area contributed by atoms with Gasteiger partial charge in [0.25, 0.3) is 0 Å². The minimum Gasteiger partial charge on any atom is -0.493 e. The van der Waals surface area contributed by atoms with Gasteiger partial charge in [0.1, 0.15) is 0 Å². The third kappa shape index (κ3) is 7.73. The summed E-state index contributed by atoms with van der Waals surface area (Å²) in [5.74, 6) is 2.78. The molecule has 0 saturated heterocycles. The molecule has 0 aliphatic heterocycles. The maximum absolute atomic E-state index is 11.9. The number of guanidine groups is 1. The fourth-order valence-corrected chi connectivity index (χ4v) is 3.89. The number of carbonyl (C=O) groups is 1. The largest absolute Gasteiger partial charge is 0.493 e. The Morgan fingerprint density at radius 3 is 2.45 bits per heavy atom. The molecule has 0 unspecified atom stereocenters.